The van der Waals surface area contributed by atoms with E-state index in [9.17, 15) is 19.2 Å². The molecule has 5 rings (SSSR count). The molecule has 3 aromatic rings. The summed E-state index contributed by atoms with van der Waals surface area (Å²) in [5.74, 6) is -0.259. The van der Waals surface area contributed by atoms with Crippen LogP contribution in [-0.2, 0) is 49.0 Å². The Morgan fingerprint density at radius 3 is 2.56 bits per heavy atom. The quantitative estimate of drug-likeness (QED) is 0.118. The van der Waals surface area contributed by atoms with Gasteiger partial charge in [-0.2, -0.15) is 11.8 Å². The fourth-order valence-corrected chi connectivity index (χ4v) is 6.57. The lowest BCUT2D eigenvalue weighted by molar-refractivity contribution is -0.175. The topological polar surface area (TPSA) is 123 Å². The zero-order valence-electron chi connectivity index (χ0n) is 26.9. The van der Waals surface area contributed by atoms with Gasteiger partial charge in [0.2, 0.25) is 5.60 Å². The molecule has 1 aromatic carbocycles. The van der Waals surface area contributed by atoms with Crippen molar-refractivity contribution in [3.63, 3.8) is 0 Å². The zero-order chi connectivity index (χ0) is 32.7. The third kappa shape index (κ3) is 6.06. The van der Waals surface area contributed by atoms with Crippen LogP contribution in [0.5, 0.6) is 5.75 Å². The number of pyridine rings is 2. The minimum Gasteiger partial charge on any atom is -0.457 e. The van der Waals surface area contributed by atoms with Crippen LogP contribution in [0.2, 0.25) is 0 Å². The number of aryl methyl sites for hydroxylation is 1. The Bertz CT molecular complexity index is 1740. The number of esters is 2. The predicted molar refractivity (Wildman–Crippen MR) is 171 cm³/mol. The molecule has 240 valence electrons. The summed E-state index contributed by atoms with van der Waals surface area (Å²) in [6.07, 6.45) is 0.371. The second kappa shape index (κ2) is 12.5. The number of fused-ring (bicyclic) bond motifs is 5. The molecular formula is C34H40N2O8S. The fourth-order valence-electron chi connectivity index (χ4n) is 5.79. The molecule has 2 aliphatic heterocycles. The fraction of sp³-hybridized carbons (Fsp3) is 0.500. The van der Waals surface area contributed by atoms with E-state index in [2.05, 4.69) is 20.8 Å². The summed E-state index contributed by atoms with van der Waals surface area (Å²) in [5, 5.41) is 0.841. The molecule has 0 fully saturated rings. The van der Waals surface area contributed by atoms with Crippen LogP contribution < -0.4 is 10.3 Å². The lowest BCUT2D eigenvalue weighted by Gasteiger charge is -2.35. The van der Waals surface area contributed by atoms with Gasteiger partial charge in [-0.3, -0.25) is 9.59 Å². The summed E-state index contributed by atoms with van der Waals surface area (Å²) >= 11 is 1.64. The minimum atomic E-state index is -1.84. The molecule has 0 spiro atoms. The smallest absolute Gasteiger partial charge is 0.457 e. The normalized spacial score (nSPS) is 17.6. The Labute approximate surface area is 266 Å². The molecular weight excluding hydrogens is 596 g/mol. The van der Waals surface area contributed by atoms with Crippen molar-refractivity contribution >= 4 is 40.8 Å². The molecule has 4 heterocycles. The van der Waals surface area contributed by atoms with Crippen molar-refractivity contribution in [2.45, 2.75) is 91.2 Å². The van der Waals surface area contributed by atoms with Gasteiger partial charge in [0.05, 0.1) is 34.9 Å². The molecule has 0 unspecified atom stereocenters. The van der Waals surface area contributed by atoms with Crippen molar-refractivity contribution in [2.75, 3.05) is 12.4 Å². The number of ether oxygens (including phenoxy) is 4. The number of carbonyl (C=O) groups excluding carboxylic acids is 3. The van der Waals surface area contributed by atoms with Crippen molar-refractivity contribution < 1.29 is 33.3 Å². The Kier molecular flexibility index (Phi) is 9.04. The Morgan fingerprint density at radius 1 is 1.13 bits per heavy atom. The molecule has 11 heteroatoms. The van der Waals surface area contributed by atoms with Gasteiger partial charge in [-0.1, -0.05) is 48.5 Å². The highest BCUT2D eigenvalue weighted by Gasteiger charge is 2.51. The first-order valence-electron chi connectivity index (χ1n) is 15.4. The van der Waals surface area contributed by atoms with Gasteiger partial charge < -0.3 is 23.5 Å². The third-order valence-corrected chi connectivity index (χ3v) is 9.66. The lowest BCUT2D eigenvalue weighted by atomic mass is 9.85. The van der Waals surface area contributed by atoms with Crippen molar-refractivity contribution in [1.82, 2.24) is 9.55 Å². The first-order valence-corrected chi connectivity index (χ1v) is 16.4. The number of aromatic nitrogens is 2. The molecule has 0 bridgehead atoms. The van der Waals surface area contributed by atoms with E-state index >= 15 is 0 Å². The number of nitrogens with zero attached hydrogens (tertiary/aromatic N) is 2. The van der Waals surface area contributed by atoms with E-state index in [0.717, 1.165) is 16.5 Å². The molecule has 0 aliphatic carbocycles. The molecule has 0 amide bonds. The monoisotopic (exact) mass is 636 g/mol. The van der Waals surface area contributed by atoms with Gasteiger partial charge in [0.15, 0.2) is 0 Å². The molecule has 0 saturated heterocycles. The van der Waals surface area contributed by atoms with Crippen LogP contribution in [0.1, 0.15) is 83.6 Å². The van der Waals surface area contributed by atoms with Crippen molar-refractivity contribution in [3.8, 4) is 17.1 Å². The van der Waals surface area contributed by atoms with Crippen LogP contribution in [0.25, 0.3) is 22.3 Å². The largest absolute Gasteiger partial charge is 0.509 e. The van der Waals surface area contributed by atoms with Gasteiger partial charge in [0, 0.05) is 27.0 Å². The van der Waals surface area contributed by atoms with Gasteiger partial charge in [-0.05, 0) is 49.1 Å². The van der Waals surface area contributed by atoms with Crippen molar-refractivity contribution in [1.29, 1.82) is 0 Å². The highest BCUT2D eigenvalue weighted by molar-refractivity contribution is 8.00. The maximum Gasteiger partial charge on any atom is 0.509 e. The van der Waals surface area contributed by atoms with Gasteiger partial charge in [0.1, 0.15) is 19.0 Å². The van der Waals surface area contributed by atoms with E-state index in [1.807, 2.05) is 26.8 Å². The van der Waals surface area contributed by atoms with Crippen LogP contribution in [0.15, 0.2) is 29.1 Å². The highest BCUT2D eigenvalue weighted by atomic mass is 32.2. The molecule has 2 atom stereocenters. The van der Waals surface area contributed by atoms with E-state index < -0.39 is 17.7 Å². The number of thioether (sulfide) groups is 1. The van der Waals surface area contributed by atoms with E-state index in [0.29, 0.717) is 46.8 Å². The average molecular weight is 637 g/mol. The van der Waals surface area contributed by atoms with Gasteiger partial charge in [-0.15, -0.1) is 0 Å². The molecule has 0 saturated carbocycles. The number of hydrogen-bond donors (Lipinski definition) is 0. The molecule has 0 N–H and O–H groups in total. The number of benzene rings is 1. The Balaban J connectivity index is 1.54. The van der Waals surface area contributed by atoms with E-state index in [1.54, 1.807) is 41.5 Å². The standard InChI is InChI=1S/C34H40N2O8S/c1-8-19(4)30(38)43-20-11-12-26-22(15-20)21(9-2)23-17-36-27(28(23)35-26)16-25-24(29(36)37)18-42-31(39)34(25,10-3)44-32(40)41-13-14-45-33(5,6)7/h11-12,15-16,19H,8-10,13-14,17-18H2,1-7H3/t19-,34+/m1/s1. The van der Waals surface area contributed by atoms with Crippen molar-refractivity contribution in [3.05, 3.63) is 56.9 Å². The first-order chi connectivity index (χ1) is 21.3. The summed E-state index contributed by atoms with van der Waals surface area (Å²) in [6.45, 7) is 13.8. The van der Waals surface area contributed by atoms with Gasteiger partial charge in [0.25, 0.3) is 5.56 Å². The van der Waals surface area contributed by atoms with Crippen LogP contribution >= 0.6 is 11.8 Å². The maximum absolute atomic E-state index is 13.9. The maximum atomic E-state index is 13.9. The Hall–Kier alpha value is -3.86. The van der Waals surface area contributed by atoms with Crippen LogP contribution in [0.3, 0.4) is 0 Å². The first kappa shape index (κ1) is 32.5. The average Bonchev–Trinajstić information content (AvgIpc) is 3.37. The van der Waals surface area contributed by atoms with E-state index in [1.165, 1.54) is 0 Å². The number of hydrogen-bond acceptors (Lipinski definition) is 10. The third-order valence-electron chi connectivity index (χ3n) is 8.43. The molecule has 0 radical (unpaired) electrons. The molecule has 2 aliphatic rings. The molecule has 2 aromatic heterocycles. The molecule has 10 nitrogen and oxygen atoms in total. The minimum absolute atomic E-state index is 0.00232. The summed E-state index contributed by atoms with van der Waals surface area (Å²) in [6, 6.07) is 7.08. The van der Waals surface area contributed by atoms with Crippen LogP contribution in [0.4, 0.5) is 4.79 Å². The lowest BCUT2D eigenvalue weighted by Crippen LogP contribution is -2.47. The Morgan fingerprint density at radius 2 is 1.89 bits per heavy atom. The second-order valence-corrected chi connectivity index (χ2v) is 14.3. The number of carbonyl (C=O) groups is 3. The summed E-state index contributed by atoms with van der Waals surface area (Å²) in [5.41, 5.74) is 2.07. The van der Waals surface area contributed by atoms with Gasteiger partial charge >= 0.3 is 18.1 Å². The second-order valence-electron chi connectivity index (χ2n) is 12.4. The van der Waals surface area contributed by atoms with E-state index in [4.69, 9.17) is 23.9 Å². The highest BCUT2D eigenvalue weighted by Crippen LogP contribution is 2.42. The number of rotatable bonds is 9. The van der Waals surface area contributed by atoms with Crippen LogP contribution in [0, 0.1) is 5.92 Å². The molecule has 45 heavy (non-hydrogen) atoms. The summed E-state index contributed by atoms with van der Waals surface area (Å²) < 4.78 is 23.8. The predicted octanol–water partition coefficient (Wildman–Crippen LogP) is 6.29. The summed E-state index contributed by atoms with van der Waals surface area (Å²) in [7, 11) is 0. The summed E-state index contributed by atoms with van der Waals surface area (Å²) in [4.78, 5) is 57.5. The van der Waals surface area contributed by atoms with E-state index in [-0.39, 0.29) is 53.9 Å². The van der Waals surface area contributed by atoms with Gasteiger partial charge in [-0.25, -0.2) is 14.6 Å². The van der Waals surface area contributed by atoms with Crippen LogP contribution in [-0.4, -0.2) is 44.8 Å². The SMILES string of the molecule is CCc1c2c(nc3ccc(OC(=O)[C@H](C)CC)cc13)-c1cc3c(c(=O)n1C2)COC(=O)[C@@]3(CC)OC(=O)OCCSC(C)(C)C. The number of cyclic esters (lactones) is 1. The van der Waals surface area contributed by atoms with Crippen molar-refractivity contribution in [2.24, 2.45) is 5.92 Å². The zero-order valence-corrected chi connectivity index (χ0v) is 27.7.